The van der Waals surface area contributed by atoms with Gasteiger partial charge in [0, 0.05) is 39.9 Å². The van der Waals surface area contributed by atoms with Crippen LogP contribution in [0.4, 0.5) is 20.3 Å². The second kappa shape index (κ2) is 13.1. The molecule has 0 bridgehead atoms. The number of anilines is 2. The van der Waals surface area contributed by atoms with E-state index in [1.165, 1.54) is 0 Å². The van der Waals surface area contributed by atoms with Crippen molar-refractivity contribution in [3.05, 3.63) is 106 Å². The van der Waals surface area contributed by atoms with Gasteiger partial charge in [-0.05, 0) is 61.0 Å². The molecule has 3 aliphatic heterocycles. The van der Waals surface area contributed by atoms with E-state index < -0.39 is 37.7 Å². The topological polar surface area (TPSA) is 110 Å². The molecule has 2 amide bonds. The van der Waals surface area contributed by atoms with Crippen molar-refractivity contribution in [2.24, 2.45) is 5.92 Å². The Balaban J connectivity index is 1.17. The van der Waals surface area contributed by atoms with Crippen molar-refractivity contribution in [2.75, 3.05) is 29.6 Å². The quantitative estimate of drug-likeness (QED) is 0.145. The molecule has 10 nitrogen and oxygen atoms in total. The fraction of sp³-hybridized carbons (Fsp3) is 0.389. The van der Waals surface area contributed by atoms with Gasteiger partial charge in [-0.15, -0.1) is 5.10 Å². The van der Waals surface area contributed by atoms with Gasteiger partial charge in [0.15, 0.2) is 5.60 Å². The molecular weight excluding hydrogens is 709 g/mol. The molecule has 4 aromatic rings. The van der Waals surface area contributed by atoms with Crippen molar-refractivity contribution in [1.29, 1.82) is 0 Å². The van der Waals surface area contributed by atoms with E-state index in [-0.39, 0.29) is 25.0 Å². The number of halogens is 2. The summed E-state index contributed by atoms with van der Waals surface area (Å²) in [4.78, 5) is 30.3. The van der Waals surface area contributed by atoms with Crippen LogP contribution < -0.4 is 9.80 Å². The molecule has 0 radical (unpaired) electrons. The van der Waals surface area contributed by atoms with Crippen molar-refractivity contribution < 1.29 is 28.3 Å². The van der Waals surface area contributed by atoms with Crippen LogP contribution in [-0.2, 0) is 33.0 Å². The Kier molecular flexibility index (Phi) is 8.97. The highest BCUT2D eigenvalue weighted by Crippen LogP contribution is 2.60. The van der Waals surface area contributed by atoms with Crippen molar-refractivity contribution in [2.45, 2.75) is 62.7 Å². The molecule has 1 N–H and O–H groups in total. The number of cyclic esters (lactones) is 1. The molecule has 3 aromatic carbocycles. The summed E-state index contributed by atoms with van der Waals surface area (Å²) in [6, 6.07) is 22.9. The molecule has 5 atom stereocenters. The minimum absolute atomic E-state index is 0.110. The number of hydrogen-bond acceptors (Lipinski definition) is 7. The van der Waals surface area contributed by atoms with Crippen molar-refractivity contribution >= 4 is 47.7 Å². The van der Waals surface area contributed by atoms with Crippen LogP contribution in [0.2, 0.25) is 18.6 Å². The van der Waals surface area contributed by atoms with Gasteiger partial charge >= 0.3 is 6.09 Å². The number of ether oxygens (including phenoxy) is 2. The first-order valence-corrected chi connectivity index (χ1v) is 20.3. The van der Waals surface area contributed by atoms with E-state index in [0.717, 1.165) is 26.9 Å². The lowest BCUT2D eigenvalue weighted by Crippen LogP contribution is -2.45. The highest BCUT2D eigenvalue weighted by molar-refractivity contribution is 9.10. The summed E-state index contributed by atoms with van der Waals surface area (Å²) in [7, 11) is -3.37. The number of aliphatic hydroxyl groups is 1. The Morgan fingerprint density at radius 1 is 1.10 bits per heavy atom. The van der Waals surface area contributed by atoms with E-state index in [9.17, 15) is 14.7 Å². The molecule has 0 aliphatic carbocycles. The Hall–Kier alpha value is -3.91. The fourth-order valence-electron chi connectivity index (χ4n) is 7.98. The average molecular weight is 749 g/mol. The van der Waals surface area contributed by atoms with Crippen LogP contribution in [-0.4, -0.2) is 66.4 Å². The zero-order chi connectivity index (χ0) is 34.5. The maximum atomic E-state index is 16.4. The molecule has 0 saturated carbocycles. The van der Waals surface area contributed by atoms with E-state index in [1.807, 2.05) is 85.9 Å². The first kappa shape index (κ1) is 33.6. The van der Waals surface area contributed by atoms with Crippen molar-refractivity contribution in [3.8, 4) is 0 Å². The largest absolute Gasteiger partial charge is 0.447 e. The molecule has 3 aliphatic rings. The van der Waals surface area contributed by atoms with E-state index in [1.54, 1.807) is 27.6 Å². The highest BCUT2D eigenvalue weighted by atomic mass is 79.9. The lowest BCUT2D eigenvalue weighted by molar-refractivity contribution is -0.146. The number of rotatable bonds is 10. The summed E-state index contributed by atoms with van der Waals surface area (Å²) in [6.45, 7) is 6.68. The fourth-order valence-corrected chi connectivity index (χ4v) is 10.9. The van der Waals surface area contributed by atoms with Crippen LogP contribution in [0, 0.1) is 5.92 Å². The zero-order valence-electron chi connectivity index (χ0n) is 27.6. The van der Waals surface area contributed by atoms with Gasteiger partial charge in [-0.25, -0.2) is 4.79 Å². The van der Waals surface area contributed by atoms with E-state index in [2.05, 4.69) is 26.2 Å². The number of aliphatic hydroxyl groups excluding tert-OH is 1. The third-order valence-corrected chi connectivity index (χ3v) is 13.1. The Bertz CT molecular complexity index is 1870. The predicted molar refractivity (Wildman–Crippen MR) is 189 cm³/mol. The molecule has 2 fully saturated rings. The second-order valence-corrected chi connectivity index (χ2v) is 18.3. The van der Waals surface area contributed by atoms with Gasteiger partial charge < -0.3 is 23.6 Å². The summed E-state index contributed by atoms with van der Waals surface area (Å²) in [5.41, 5.74) is 2.74. The van der Waals surface area contributed by atoms with E-state index >= 15 is 4.11 Å². The molecule has 4 heterocycles. The standard InChI is InChI=1S/C36H39BrFN5O5Si/c1-23-33(49(2,3)38)32(14-15-41-21-30(39-40-41)28(22-44)25-9-5-4-6-10-25)48-36(23)29-19-26(37)12-13-31(29)43(34(36)45)20-24-8-7-11-27(18-24)42-16-17-47-35(42)46/h4-13,18-19,21,23,28,32-33,44H,14-17,20,22H2,1-3H3/t23-,28?,32+,33-,36+/m1/s1. The number of aryl methyl sites for hydroxylation is 1. The number of carbonyl (C=O) groups excluding carboxylic acids is 2. The van der Waals surface area contributed by atoms with Crippen LogP contribution >= 0.6 is 15.9 Å². The molecular formula is C36H39BrFN5O5Si. The third kappa shape index (κ3) is 6.00. The van der Waals surface area contributed by atoms with Gasteiger partial charge in [-0.1, -0.05) is 70.5 Å². The Morgan fingerprint density at radius 3 is 2.61 bits per heavy atom. The molecule has 7 rings (SSSR count). The number of fused-ring (bicyclic) bond motifs is 2. The number of aromatic nitrogens is 3. The first-order chi connectivity index (χ1) is 23.5. The number of carbonyl (C=O) groups is 2. The number of nitrogens with zero attached hydrogens (tertiary/aromatic N) is 5. The molecule has 256 valence electrons. The number of hydrogen-bond donors (Lipinski definition) is 1. The summed E-state index contributed by atoms with van der Waals surface area (Å²) in [5.74, 6) is -0.974. The van der Waals surface area contributed by atoms with E-state index in [4.69, 9.17) is 9.47 Å². The van der Waals surface area contributed by atoms with Crippen LogP contribution in [0.3, 0.4) is 0 Å². The Labute approximate surface area is 294 Å². The van der Waals surface area contributed by atoms with Crippen LogP contribution in [0.1, 0.15) is 41.6 Å². The monoisotopic (exact) mass is 747 g/mol. The van der Waals surface area contributed by atoms with Gasteiger partial charge in [0.05, 0.1) is 43.1 Å². The van der Waals surface area contributed by atoms with Crippen LogP contribution in [0.25, 0.3) is 0 Å². The van der Waals surface area contributed by atoms with Crippen molar-refractivity contribution in [1.82, 2.24) is 15.0 Å². The lowest BCUT2D eigenvalue weighted by Gasteiger charge is -2.31. The average Bonchev–Trinajstić information content (AvgIpc) is 3.84. The maximum Gasteiger partial charge on any atom is 0.414 e. The normalized spacial score (nSPS) is 24.2. The highest BCUT2D eigenvalue weighted by Gasteiger charge is 2.66. The van der Waals surface area contributed by atoms with Gasteiger partial charge in [0.1, 0.15) is 6.61 Å². The van der Waals surface area contributed by atoms with Gasteiger partial charge in [0.25, 0.3) is 5.91 Å². The minimum Gasteiger partial charge on any atom is -0.447 e. The Morgan fingerprint density at radius 2 is 1.90 bits per heavy atom. The van der Waals surface area contributed by atoms with Gasteiger partial charge in [0.2, 0.25) is 8.41 Å². The molecule has 1 aromatic heterocycles. The SMILES string of the molecule is C[C@@H]1[C@@H]([Si](C)(C)F)[C@H](CCn2cc(C(CO)c3ccccc3)nn2)O[C@@]12C(=O)N(Cc1cccc(N3CCOC3=O)c1)c1ccc(Br)cc12. The van der Waals surface area contributed by atoms with Crippen LogP contribution in [0.15, 0.2) is 83.5 Å². The van der Waals surface area contributed by atoms with Gasteiger partial charge in [-0.3, -0.25) is 14.4 Å². The third-order valence-electron chi connectivity index (χ3n) is 10.2. The maximum absolute atomic E-state index is 16.4. The second-order valence-electron chi connectivity index (χ2n) is 13.6. The first-order valence-electron chi connectivity index (χ1n) is 16.6. The predicted octanol–water partition coefficient (Wildman–Crippen LogP) is 6.53. The van der Waals surface area contributed by atoms with Gasteiger partial charge in [-0.2, -0.15) is 0 Å². The number of amides is 2. The minimum atomic E-state index is -3.37. The smallest absolute Gasteiger partial charge is 0.414 e. The lowest BCUT2D eigenvalue weighted by atomic mass is 9.82. The number of benzene rings is 3. The molecule has 1 spiro atoms. The molecule has 2 saturated heterocycles. The van der Waals surface area contributed by atoms with Crippen molar-refractivity contribution in [3.63, 3.8) is 0 Å². The summed E-state index contributed by atoms with van der Waals surface area (Å²) >= 11 is 3.61. The summed E-state index contributed by atoms with van der Waals surface area (Å²) in [6.07, 6.45) is 1.31. The summed E-state index contributed by atoms with van der Waals surface area (Å²) < 4.78 is 30.9. The molecule has 1 unspecified atom stereocenters. The molecule has 13 heteroatoms. The van der Waals surface area contributed by atoms with E-state index in [0.29, 0.717) is 37.5 Å². The molecule has 49 heavy (non-hydrogen) atoms. The zero-order valence-corrected chi connectivity index (χ0v) is 30.2. The van der Waals surface area contributed by atoms with Crippen LogP contribution in [0.5, 0.6) is 0 Å². The summed E-state index contributed by atoms with van der Waals surface area (Å²) in [5, 5.41) is 18.8.